The lowest BCUT2D eigenvalue weighted by Gasteiger charge is -2.12. The van der Waals surface area contributed by atoms with Crippen LogP contribution in [0.4, 0.5) is 10.1 Å². The lowest BCUT2D eigenvalue weighted by Crippen LogP contribution is -2.14. The standard InChI is InChI=1S/C11H11BrFNO3/c12-6-11(3-4-11)7-17-8-1-2-10(14(15)16)9(13)5-8/h1-2,5H,3-4,6-7H2. The van der Waals surface area contributed by atoms with Crippen molar-refractivity contribution in [3.63, 3.8) is 0 Å². The highest BCUT2D eigenvalue weighted by Crippen LogP contribution is 2.47. The summed E-state index contributed by atoms with van der Waals surface area (Å²) in [5.41, 5.74) is -0.364. The molecule has 0 amide bonds. The van der Waals surface area contributed by atoms with E-state index in [-0.39, 0.29) is 5.41 Å². The van der Waals surface area contributed by atoms with Gasteiger partial charge < -0.3 is 4.74 Å². The van der Waals surface area contributed by atoms with Crippen molar-refractivity contribution in [3.8, 4) is 5.75 Å². The highest BCUT2D eigenvalue weighted by atomic mass is 79.9. The average Bonchev–Trinajstić information content (AvgIpc) is 3.07. The molecule has 0 N–H and O–H groups in total. The van der Waals surface area contributed by atoms with Crippen LogP contribution in [-0.2, 0) is 0 Å². The monoisotopic (exact) mass is 303 g/mol. The molecular formula is C11H11BrFNO3. The van der Waals surface area contributed by atoms with Crippen LogP contribution in [0.1, 0.15) is 12.8 Å². The third kappa shape index (κ3) is 2.74. The highest BCUT2D eigenvalue weighted by Gasteiger charge is 2.42. The van der Waals surface area contributed by atoms with E-state index in [9.17, 15) is 14.5 Å². The van der Waals surface area contributed by atoms with Gasteiger partial charge in [0, 0.05) is 22.9 Å². The zero-order chi connectivity index (χ0) is 12.5. The Labute approximate surface area is 106 Å². The van der Waals surface area contributed by atoms with Gasteiger partial charge in [-0.3, -0.25) is 10.1 Å². The van der Waals surface area contributed by atoms with E-state index in [1.54, 1.807) is 0 Å². The Morgan fingerprint density at radius 1 is 1.53 bits per heavy atom. The summed E-state index contributed by atoms with van der Waals surface area (Å²) in [6, 6.07) is 3.60. The maximum absolute atomic E-state index is 13.3. The van der Waals surface area contributed by atoms with Crippen LogP contribution in [0.15, 0.2) is 18.2 Å². The smallest absolute Gasteiger partial charge is 0.305 e. The van der Waals surface area contributed by atoms with Crippen molar-refractivity contribution >= 4 is 21.6 Å². The first-order valence-electron chi connectivity index (χ1n) is 5.19. The van der Waals surface area contributed by atoms with Gasteiger partial charge in [0.1, 0.15) is 5.75 Å². The number of benzene rings is 1. The number of nitrogens with zero attached hydrogens (tertiary/aromatic N) is 1. The molecule has 0 spiro atoms. The topological polar surface area (TPSA) is 52.4 Å². The second-order valence-corrected chi connectivity index (χ2v) is 4.85. The molecule has 1 aliphatic rings. The van der Waals surface area contributed by atoms with Crippen LogP contribution in [-0.4, -0.2) is 16.9 Å². The van der Waals surface area contributed by atoms with Gasteiger partial charge in [0.15, 0.2) is 0 Å². The first-order chi connectivity index (χ1) is 8.06. The Hall–Kier alpha value is -1.17. The Balaban J connectivity index is 2.03. The summed E-state index contributed by atoms with van der Waals surface area (Å²) in [5, 5.41) is 11.3. The number of nitro benzene ring substituents is 1. The first kappa shape index (κ1) is 12.3. The fourth-order valence-electron chi connectivity index (χ4n) is 1.46. The van der Waals surface area contributed by atoms with Crippen LogP contribution in [0.3, 0.4) is 0 Å². The van der Waals surface area contributed by atoms with E-state index in [1.165, 1.54) is 6.07 Å². The minimum Gasteiger partial charge on any atom is -0.493 e. The van der Waals surface area contributed by atoms with E-state index in [0.717, 1.165) is 30.3 Å². The van der Waals surface area contributed by atoms with E-state index in [4.69, 9.17) is 4.74 Å². The molecule has 2 rings (SSSR count). The summed E-state index contributed by atoms with van der Waals surface area (Å²) < 4.78 is 18.7. The maximum Gasteiger partial charge on any atom is 0.305 e. The van der Waals surface area contributed by atoms with Gasteiger partial charge in [-0.25, -0.2) is 0 Å². The maximum atomic E-state index is 13.3. The van der Waals surface area contributed by atoms with Crippen molar-refractivity contribution in [1.29, 1.82) is 0 Å². The molecule has 6 heteroatoms. The fraction of sp³-hybridized carbons (Fsp3) is 0.455. The van der Waals surface area contributed by atoms with Crippen molar-refractivity contribution in [2.45, 2.75) is 12.8 Å². The molecule has 1 fully saturated rings. The third-order valence-electron chi connectivity index (χ3n) is 2.90. The lowest BCUT2D eigenvalue weighted by molar-refractivity contribution is -0.387. The van der Waals surface area contributed by atoms with E-state index < -0.39 is 16.4 Å². The molecule has 0 heterocycles. The second kappa shape index (κ2) is 4.60. The largest absolute Gasteiger partial charge is 0.493 e. The Kier molecular flexibility index (Phi) is 3.33. The number of alkyl halides is 1. The van der Waals surface area contributed by atoms with Crippen molar-refractivity contribution in [3.05, 3.63) is 34.1 Å². The summed E-state index contributed by atoms with van der Waals surface area (Å²) in [5.74, 6) is -0.531. The van der Waals surface area contributed by atoms with Crippen molar-refractivity contribution in [2.24, 2.45) is 5.41 Å². The Morgan fingerprint density at radius 3 is 2.71 bits per heavy atom. The van der Waals surface area contributed by atoms with Gasteiger partial charge in [0.05, 0.1) is 11.5 Å². The molecule has 0 radical (unpaired) electrons. The minimum atomic E-state index is -0.865. The van der Waals surface area contributed by atoms with Crippen LogP contribution < -0.4 is 4.74 Å². The summed E-state index contributed by atoms with van der Waals surface area (Å²) in [6.45, 7) is 0.509. The summed E-state index contributed by atoms with van der Waals surface area (Å²) in [4.78, 5) is 9.68. The van der Waals surface area contributed by atoms with Gasteiger partial charge in [0.2, 0.25) is 5.82 Å². The molecule has 1 aromatic carbocycles. The van der Waals surface area contributed by atoms with Crippen molar-refractivity contribution in [1.82, 2.24) is 0 Å². The molecule has 0 unspecified atom stereocenters. The number of hydrogen-bond acceptors (Lipinski definition) is 3. The summed E-state index contributed by atoms with van der Waals surface area (Å²) in [6.07, 6.45) is 2.18. The highest BCUT2D eigenvalue weighted by molar-refractivity contribution is 9.09. The van der Waals surface area contributed by atoms with Crippen LogP contribution in [0, 0.1) is 21.3 Å². The molecule has 0 bridgehead atoms. The molecule has 0 aromatic heterocycles. The van der Waals surface area contributed by atoms with Gasteiger partial charge in [-0.15, -0.1) is 0 Å². The molecule has 0 aliphatic heterocycles. The zero-order valence-corrected chi connectivity index (χ0v) is 10.6. The molecule has 92 valence electrons. The predicted octanol–water partition coefficient (Wildman–Crippen LogP) is 3.29. The van der Waals surface area contributed by atoms with Crippen molar-refractivity contribution in [2.75, 3.05) is 11.9 Å². The third-order valence-corrected chi connectivity index (χ3v) is 4.09. The minimum absolute atomic E-state index is 0.165. The number of ether oxygens (including phenoxy) is 1. The lowest BCUT2D eigenvalue weighted by atomic mass is 10.2. The Morgan fingerprint density at radius 2 is 2.24 bits per heavy atom. The molecule has 1 aromatic rings. The van der Waals surface area contributed by atoms with Gasteiger partial charge >= 0.3 is 5.69 Å². The molecule has 0 atom stereocenters. The first-order valence-corrected chi connectivity index (χ1v) is 6.31. The van der Waals surface area contributed by atoms with Crippen LogP contribution in [0.2, 0.25) is 0 Å². The van der Waals surface area contributed by atoms with Gasteiger partial charge in [-0.05, 0) is 18.9 Å². The molecular weight excluding hydrogens is 293 g/mol. The van der Waals surface area contributed by atoms with Crippen LogP contribution >= 0.6 is 15.9 Å². The van der Waals surface area contributed by atoms with E-state index >= 15 is 0 Å². The van der Waals surface area contributed by atoms with Gasteiger partial charge in [-0.1, -0.05) is 15.9 Å². The average molecular weight is 304 g/mol. The fourth-order valence-corrected chi connectivity index (χ4v) is 2.18. The van der Waals surface area contributed by atoms with E-state index in [0.29, 0.717) is 12.4 Å². The van der Waals surface area contributed by atoms with Gasteiger partial charge in [-0.2, -0.15) is 4.39 Å². The SMILES string of the molecule is O=[N+]([O-])c1ccc(OCC2(CBr)CC2)cc1F. The summed E-state index contributed by atoms with van der Waals surface area (Å²) >= 11 is 3.41. The molecule has 0 saturated heterocycles. The summed E-state index contributed by atoms with van der Waals surface area (Å²) in [7, 11) is 0. The molecule has 1 aliphatic carbocycles. The molecule has 1 saturated carbocycles. The number of nitro groups is 1. The van der Waals surface area contributed by atoms with Gasteiger partial charge in [0.25, 0.3) is 0 Å². The zero-order valence-electron chi connectivity index (χ0n) is 8.99. The van der Waals surface area contributed by atoms with Crippen LogP contribution in [0.25, 0.3) is 0 Å². The Bertz CT molecular complexity index is 448. The normalized spacial score (nSPS) is 16.6. The molecule has 17 heavy (non-hydrogen) atoms. The number of rotatable bonds is 5. The number of halogens is 2. The van der Waals surface area contributed by atoms with Crippen molar-refractivity contribution < 1.29 is 14.1 Å². The number of hydrogen-bond donors (Lipinski definition) is 0. The van der Waals surface area contributed by atoms with E-state index in [1.807, 2.05) is 0 Å². The van der Waals surface area contributed by atoms with Crippen LogP contribution in [0.5, 0.6) is 5.75 Å². The molecule has 4 nitrogen and oxygen atoms in total. The second-order valence-electron chi connectivity index (χ2n) is 4.29. The predicted molar refractivity (Wildman–Crippen MR) is 64.0 cm³/mol. The van der Waals surface area contributed by atoms with E-state index in [2.05, 4.69) is 15.9 Å². The quantitative estimate of drug-likeness (QED) is 0.476.